The van der Waals surface area contributed by atoms with Crippen LogP contribution in [-0.4, -0.2) is 18.1 Å². The zero-order valence-corrected chi connectivity index (χ0v) is 10.6. The van der Waals surface area contributed by atoms with Gasteiger partial charge in [-0.05, 0) is 67.9 Å². The first-order chi connectivity index (χ1) is 7.25. The highest BCUT2D eigenvalue weighted by molar-refractivity contribution is 7.99. The lowest BCUT2D eigenvalue weighted by molar-refractivity contribution is -0.0520. The predicted molar refractivity (Wildman–Crippen MR) is 67.0 cm³/mol. The van der Waals surface area contributed by atoms with Gasteiger partial charge in [-0.15, -0.1) is 0 Å². The van der Waals surface area contributed by atoms with Gasteiger partial charge in [-0.25, -0.2) is 0 Å². The molecular formula is C13H23NS. The molecule has 1 nitrogen and oxygen atoms in total. The molecule has 15 heavy (non-hydrogen) atoms. The number of hydrogen-bond acceptors (Lipinski definition) is 2. The van der Waals surface area contributed by atoms with E-state index in [4.69, 9.17) is 5.73 Å². The first-order valence-corrected chi connectivity index (χ1v) is 7.77. The Morgan fingerprint density at radius 1 is 1.13 bits per heavy atom. The topological polar surface area (TPSA) is 26.0 Å². The van der Waals surface area contributed by atoms with Crippen LogP contribution in [0.3, 0.4) is 0 Å². The van der Waals surface area contributed by atoms with E-state index in [0.717, 1.165) is 29.5 Å². The van der Waals surface area contributed by atoms with Crippen LogP contribution in [0.15, 0.2) is 0 Å². The minimum Gasteiger partial charge on any atom is -0.329 e. The third kappa shape index (κ3) is 1.56. The van der Waals surface area contributed by atoms with E-state index >= 15 is 0 Å². The monoisotopic (exact) mass is 225 g/mol. The second kappa shape index (κ2) is 3.66. The zero-order valence-electron chi connectivity index (χ0n) is 9.74. The molecule has 4 rings (SSSR count). The lowest BCUT2D eigenvalue weighted by Crippen LogP contribution is -2.52. The molecule has 0 aliphatic heterocycles. The third-order valence-electron chi connectivity index (χ3n) is 5.27. The maximum Gasteiger partial charge on any atom is 0.0224 e. The summed E-state index contributed by atoms with van der Waals surface area (Å²) < 4.78 is 0. The van der Waals surface area contributed by atoms with E-state index in [1.54, 1.807) is 19.3 Å². The Morgan fingerprint density at radius 3 is 1.93 bits per heavy atom. The number of rotatable bonds is 3. The van der Waals surface area contributed by atoms with Crippen LogP contribution in [0.2, 0.25) is 0 Å². The zero-order chi connectivity index (χ0) is 10.5. The van der Waals surface area contributed by atoms with Crippen molar-refractivity contribution < 1.29 is 0 Å². The largest absolute Gasteiger partial charge is 0.329 e. The first kappa shape index (κ1) is 10.5. The van der Waals surface area contributed by atoms with E-state index in [-0.39, 0.29) is 0 Å². The van der Waals surface area contributed by atoms with Gasteiger partial charge in [0.2, 0.25) is 0 Å². The molecule has 0 saturated heterocycles. The van der Waals surface area contributed by atoms with E-state index in [0.29, 0.717) is 5.41 Å². The minimum atomic E-state index is 0.656. The van der Waals surface area contributed by atoms with Gasteiger partial charge in [0.1, 0.15) is 0 Å². The van der Waals surface area contributed by atoms with Crippen molar-refractivity contribution in [2.45, 2.75) is 43.8 Å². The molecule has 0 radical (unpaired) electrons. The molecule has 0 aromatic heterocycles. The number of hydrogen-bond donors (Lipinski definition) is 1. The van der Waals surface area contributed by atoms with E-state index in [9.17, 15) is 0 Å². The highest BCUT2D eigenvalue weighted by Gasteiger charge is 2.53. The van der Waals surface area contributed by atoms with Crippen LogP contribution in [0, 0.1) is 23.2 Å². The van der Waals surface area contributed by atoms with Crippen molar-refractivity contribution in [1.82, 2.24) is 0 Å². The summed E-state index contributed by atoms with van der Waals surface area (Å²) in [7, 11) is 0. The van der Waals surface area contributed by atoms with Crippen molar-refractivity contribution in [3.8, 4) is 0 Å². The van der Waals surface area contributed by atoms with Gasteiger partial charge in [0.05, 0.1) is 0 Å². The van der Waals surface area contributed by atoms with Gasteiger partial charge < -0.3 is 5.73 Å². The molecule has 0 amide bonds. The summed E-state index contributed by atoms with van der Waals surface area (Å²) in [5, 5.41) is 0.742. The van der Waals surface area contributed by atoms with Gasteiger partial charge in [-0.3, -0.25) is 0 Å². The number of thioether (sulfide) groups is 1. The summed E-state index contributed by atoms with van der Waals surface area (Å²) in [6.07, 6.45) is 11.4. The highest BCUT2D eigenvalue weighted by Crippen LogP contribution is 2.62. The Kier molecular flexibility index (Phi) is 2.55. The molecule has 0 aromatic rings. The molecular weight excluding hydrogens is 202 g/mol. The van der Waals surface area contributed by atoms with Crippen molar-refractivity contribution in [3.63, 3.8) is 0 Å². The summed E-state index contributed by atoms with van der Waals surface area (Å²) >= 11 is 2.03. The normalized spacial score (nSPS) is 49.6. The SMILES string of the molecule is CSC(CN)C12CC3CC(CC(C3)C1)C2. The van der Waals surface area contributed by atoms with Crippen LogP contribution in [-0.2, 0) is 0 Å². The van der Waals surface area contributed by atoms with E-state index in [1.165, 1.54) is 19.3 Å². The van der Waals surface area contributed by atoms with E-state index in [2.05, 4.69) is 6.26 Å². The van der Waals surface area contributed by atoms with Gasteiger partial charge in [-0.2, -0.15) is 11.8 Å². The van der Waals surface area contributed by atoms with E-state index in [1.807, 2.05) is 11.8 Å². The summed E-state index contributed by atoms with van der Waals surface area (Å²) in [5.41, 5.74) is 6.64. The number of nitrogens with two attached hydrogens (primary N) is 1. The minimum absolute atomic E-state index is 0.656. The van der Waals surface area contributed by atoms with Crippen LogP contribution in [0.1, 0.15) is 38.5 Å². The van der Waals surface area contributed by atoms with Crippen molar-refractivity contribution in [2.75, 3.05) is 12.8 Å². The fourth-order valence-electron chi connectivity index (χ4n) is 5.17. The summed E-state index contributed by atoms with van der Waals surface area (Å²) in [5.74, 6) is 3.20. The Hall–Kier alpha value is 0.310. The van der Waals surface area contributed by atoms with Crippen LogP contribution in [0.5, 0.6) is 0 Å². The third-order valence-corrected chi connectivity index (χ3v) is 6.53. The average molecular weight is 225 g/mol. The summed E-state index contributed by atoms with van der Waals surface area (Å²) in [4.78, 5) is 0. The fourth-order valence-corrected chi connectivity index (χ4v) is 6.15. The van der Waals surface area contributed by atoms with Crippen molar-refractivity contribution in [3.05, 3.63) is 0 Å². The maximum absolute atomic E-state index is 5.98. The Morgan fingerprint density at radius 2 is 1.60 bits per heavy atom. The molecule has 2 N–H and O–H groups in total. The maximum atomic E-state index is 5.98. The lowest BCUT2D eigenvalue weighted by atomic mass is 9.48. The van der Waals surface area contributed by atoms with Gasteiger partial charge in [-0.1, -0.05) is 0 Å². The molecule has 4 fully saturated rings. The van der Waals surface area contributed by atoms with Crippen LogP contribution < -0.4 is 5.73 Å². The van der Waals surface area contributed by atoms with Crippen LogP contribution >= 0.6 is 11.8 Å². The predicted octanol–water partition coefficient (Wildman–Crippen LogP) is 2.89. The molecule has 4 aliphatic rings. The quantitative estimate of drug-likeness (QED) is 0.799. The summed E-state index contributed by atoms with van der Waals surface area (Å²) in [6.45, 7) is 0.896. The van der Waals surface area contributed by atoms with Crippen molar-refractivity contribution in [2.24, 2.45) is 28.9 Å². The highest BCUT2D eigenvalue weighted by atomic mass is 32.2. The molecule has 0 heterocycles. The molecule has 1 atom stereocenters. The second-order valence-corrected chi connectivity index (χ2v) is 7.28. The molecule has 4 saturated carbocycles. The van der Waals surface area contributed by atoms with E-state index < -0.39 is 0 Å². The molecule has 4 aliphatic carbocycles. The molecule has 0 spiro atoms. The Balaban J connectivity index is 1.86. The smallest absolute Gasteiger partial charge is 0.0224 e. The molecule has 2 heteroatoms. The standard InChI is InChI=1S/C13H23NS/c1-15-12(8-14)13-5-9-2-10(6-13)4-11(3-9)7-13/h9-12H,2-8,14H2,1H3. The van der Waals surface area contributed by atoms with Crippen molar-refractivity contribution in [1.29, 1.82) is 0 Å². The van der Waals surface area contributed by atoms with Gasteiger partial charge >= 0.3 is 0 Å². The van der Waals surface area contributed by atoms with Gasteiger partial charge in [0.15, 0.2) is 0 Å². The molecule has 86 valence electrons. The van der Waals surface area contributed by atoms with Crippen LogP contribution in [0.4, 0.5) is 0 Å². The van der Waals surface area contributed by atoms with Gasteiger partial charge in [0.25, 0.3) is 0 Å². The fraction of sp³-hybridized carbons (Fsp3) is 1.00. The summed E-state index contributed by atoms with van der Waals surface area (Å²) in [6, 6.07) is 0. The Bertz CT molecular complexity index is 212. The average Bonchev–Trinajstić information content (AvgIpc) is 2.16. The second-order valence-electron chi connectivity index (χ2n) is 6.24. The lowest BCUT2D eigenvalue weighted by Gasteiger charge is -2.59. The van der Waals surface area contributed by atoms with Gasteiger partial charge in [0, 0.05) is 11.8 Å². The van der Waals surface area contributed by atoms with Crippen molar-refractivity contribution >= 4 is 11.8 Å². The first-order valence-electron chi connectivity index (χ1n) is 6.48. The van der Waals surface area contributed by atoms with Crippen LogP contribution in [0.25, 0.3) is 0 Å². The Labute approximate surface area is 97.6 Å². The molecule has 1 unspecified atom stereocenters. The molecule has 4 bridgehead atoms. The molecule has 0 aromatic carbocycles.